The predicted octanol–water partition coefficient (Wildman–Crippen LogP) is 2.17. The topological polar surface area (TPSA) is 18.5 Å². The third kappa shape index (κ3) is 4.25. The highest BCUT2D eigenvalue weighted by Crippen LogP contribution is 2.13. The molecule has 0 saturated heterocycles. The molecular weight excluding hydrogens is 196 g/mol. The van der Waals surface area contributed by atoms with Gasteiger partial charge >= 0.3 is 0 Å². The van der Waals surface area contributed by atoms with Crippen molar-refractivity contribution in [2.24, 2.45) is 0 Å². The monoisotopic (exact) mass is 210 g/mol. The van der Waals surface area contributed by atoms with Crippen LogP contribution in [0.15, 0.2) is 0 Å². The van der Waals surface area contributed by atoms with Crippen LogP contribution < -0.4 is 0 Å². The Bertz CT molecular complexity index is 74.0. The standard InChI is InChI=1S/C7H15BrO2/c1-4-6(8)5-7(9-2)10-3/h6-7H,4-5H2,1-3H3. The maximum absolute atomic E-state index is 5.02. The number of halogens is 1. The van der Waals surface area contributed by atoms with Gasteiger partial charge in [-0.05, 0) is 6.42 Å². The first-order valence-corrected chi connectivity index (χ1v) is 4.35. The Balaban J connectivity index is 3.41. The van der Waals surface area contributed by atoms with Gasteiger partial charge in [-0.2, -0.15) is 0 Å². The van der Waals surface area contributed by atoms with E-state index >= 15 is 0 Å². The van der Waals surface area contributed by atoms with E-state index in [1.807, 2.05) is 0 Å². The molecule has 0 aliphatic carbocycles. The second kappa shape index (κ2) is 6.13. The number of hydrogen-bond acceptors (Lipinski definition) is 2. The number of rotatable bonds is 5. The van der Waals surface area contributed by atoms with E-state index in [4.69, 9.17) is 9.47 Å². The normalized spacial score (nSPS) is 14.1. The lowest BCUT2D eigenvalue weighted by Crippen LogP contribution is -2.17. The highest BCUT2D eigenvalue weighted by molar-refractivity contribution is 9.09. The summed E-state index contributed by atoms with van der Waals surface area (Å²) < 4.78 is 10.0. The summed E-state index contributed by atoms with van der Waals surface area (Å²) in [6.45, 7) is 2.13. The third-order valence-electron chi connectivity index (χ3n) is 1.42. The lowest BCUT2D eigenvalue weighted by molar-refractivity contribution is -0.105. The minimum absolute atomic E-state index is 0.0654. The van der Waals surface area contributed by atoms with Crippen LogP contribution in [0.5, 0.6) is 0 Å². The van der Waals surface area contributed by atoms with Crippen LogP contribution in [0.3, 0.4) is 0 Å². The fourth-order valence-electron chi connectivity index (χ4n) is 0.664. The molecule has 62 valence electrons. The second-order valence-corrected chi connectivity index (χ2v) is 3.44. The molecule has 1 atom stereocenters. The van der Waals surface area contributed by atoms with Crippen LogP contribution in [0.1, 0.15) is 19.8 Å². The summed E-state index contributed by atoms with van der Waals surface area (Å²) in [5.41, 5.74) is 0. The molecule has 0 bridgehead atoms. The fraction of sp³-hybridized carbons (Fsp3) is 1.00. The van der Waals surface area contributed by atoms with Gasteiger partial charge in [0.25, 0.3) is 0 Å². The van der Waals surface area contributed by atoms with Crippen LogP contribution >= 0.6 is 15.9 Å². The smallest absolute Gasteiger partial charge is 0.157 e. The molecule has 0 aromatic carbocycles. The highest BCUT2D eigenvalue weighted by atomic mass is 79.9. The molecule has 0 aromatic rings. The van der Waals surface area contributed by atoms with Crippen LogP contribution in [-0.2, 0) is 9.47 Å². The Morgan fingerprint density at radius 2 is 1.80 bits per heavy atom. The van der Waals surface area contributed by atoms with Crippen molar-refractivity contribution in [2.45, 2.75) is 30.9 Å². The Labute approximate surface area is 71.0 Å². The van der Waals surface area contributed by atoms with E-state index in [-0.39, 0.29) is 6.29 Å². The summed E-state index contributed by atoms with van der Waals surface area (Å²) in [5.74, 6) is 0. The number of hydrogen-bond donors (Lipinski definition) is 0. The van der Waals surface area contributed by atoms with Crippen molar-refractivity contribution in [3.8, 4) is 0 Å². The van der Waals surface area contributed by atoms with Crippen molar-refractivity contribution < 1.29 is 9.47 Å². The Hall–Kier alpha value is 0.400. The van der Waals surface area contributed by atoms with Crippen LogP contribution in [-0.4, -0.2) is 25.3 Å². The zero-order valence-electron chi connectivity index (χ0n) is 6.76. The molecular formula is C7H15BrO2. The van der Waals surface area contributed by atoms with Crippen molar-refractivity contribution in [1.29, 1.82) is 0 Å². The van der Waals surface area contributed by atoms with Gasteiger partial charge in [-0.1, -0.05) is 22.9 Å². The number of alkyl halides is 1. The van der Waals surface area contributed by atoms with E-state index in [1.54, 1.807) is 14.2 Å². The summed E-state index contributed by atoms with van der Waals surface area (Å²) in [5, 5.41) is 0. The Morgan fingerprint density at radius 1 is 1.30 bits per heavy atom. The van der Waals surface area contributed by atoms with Crippen molar-refractivity contribution >= 4 is 15.9 Å². The van der Waals surface area contributed by atoms with Gasteiger partial charge in [-0.15, -0.1) is 0 Å². The molecule has 0 fully saturated rings. The van der Waals surface area contributed by atoms with Gasteiger partial charge in [-0.25, -0.2) is 0 Å². The molecule has 0 radical (unpaired) electrons. The zero-order chi connectivity index (χ0) is 7.98. The Kier molecular flexibility index (Phi) is 6.38. The molecule has 0 rings (SSSR count). The van der Waals surface area contributed by atoms with Crippen molar-refractivity contribution in [1.82, 2.24) is 0 Å². The molecule has 0 heterocycles. The van der Waals surface area contributed by atoms with Crippen molar-refractivity contribution in [3.63, 3.8) is 0 Å². The van der Waals surface area contributed by atoms with E-state index < -0.39 is 0 Å². The number of ether oxygens (including phenoxy) is 2. The first-order valence-electron chi connectivity index (χ1n) is 3.44. The minimum atomic E-state index is -0.0654. The average Bonchev–Trinajstić information content (AvgIpc) is 1.99. The summed E-state index contributed by atoms with van der Waals surface area (Å²) in [6, 6.07) is 0. The van der Waals surface area contributed by atoms with Gasteiger partial charge in [0.05, 0.1) is 0 Å². The SMILES string of the molecule is CCC(Br)CC(OC)OC. The van der Waals surface area contributed by atoms with Gasteiger partial charge in [0, 0.05) is 25.5 Å². The summed E-state index contributed by atoms with van der Waals surface area (Å²) in [6.07, 6.45) is 1.94. The molecule has 0 aliphatic rings. The minimum Gasteiger partial charge on any atom is -0.356 e. The quantitative estimate of drug-likeness (QED) is 0.512. The van der Waals surface area contributed by atoms with Crippen LogP contribution in [0.2, 0.25) is 0 Å². The van der Waals surface area contributed by atoms with E-state index in [9.17, 15) is 0 Å². The first kappa shape index (κ1) is 10.4. The number of methoxy groups -OCH3 is 2. The molecule has 0 saturated carbocycles. The second-order valence-electron chi connectivity index (χ2n) is 2.14. The average molecular weight is 211 g/mol. The molecule has 10 heavy (non-hydrogen) atoms. The fourth-order valence-corrected chi connectivity index (χ4v) is 0.969. The van der Waals surface area contributed by atoms with Gasteiger partial charge in [-0.3, -0.25) is 0 Å². The van der Waals surface area contributed by atoms with E-state index in [0.717, 1.165) is 12.8 Å². The van der Waals surface area contributed by atoms with Crippen LogP contribution in [0.25, 0.3) is 0 Å². The lowest BCUT2D eigenvalue weighted by atomic mass is 10.2. The van der Waals surface area contributed by atoms with E-state index in [1.165, 1.54) is 0 Å². The van der Waals surface area contributed by atoms with E-state index in [2.05, 4.69) is 22.9 Å². The van der Waals surface area contributed by atoms with Gasteiger partial charge in [0.2, 0.25) is 0 Å². The lowest BCUT2D eigenvalue weighted by Gasteiger charge is -2.15. The first-order chi connectivity index (χ1) is 4.74. The van der Waals surface area contributed by atoms with Gasteiger partial charge < -0.3 is 9.47 Å². The van der Waals surface area contributed by atoms with Gasteiger partial charge in [0.15, 0.2) is 6.29 Å². The Morgan fingerprint density at radius 3 is 2.10 bits per heavy atom. The van der Waals surface area contributed by atoms with Crippen molar-refractivity contribution in [3.05, 3.63) is 0 Å². The highest BCUT2D eigenvalue weighted by Gasteiger charge is 2.10. The molecule has 0 spiro atoms. The maximum Gasteiger partial charge on any atom is 0.157 e. The predicted molar refractivity (Wildman–Crippen MR) is 45.4 cm³/mol. The summed E-state index contributed by atoms with van der Waals surface area (Å²) in [4.78, 5) is 0.498. The summed E-state index contributed by atoms with van der Waals surface area (Å²) >= 11 is 3.50. The molecule has 3 heteroatoms. The molecule has 0 amide bonds. The largest absolute Gasteiger partial charge is 0.356 e. The molecule has 2 nitrogen and oxygen atoms in total. The molecule has 0 aliphatic heterocycles. The maximum atomic E-state index is 5.02. The van der Waals surface area contributed by atoms with Crippen LogP contribution in [0, 0.1) is 0 Å². The molecule has 0 N–H and O–H groups in total. The zero-order valence-corrected chi connectivity index (χ0v) is 8.35. The third-order valence-corrected chi connectivity index (χ3v) is 2.44. The summed E-state index contributed by atoms with van der Waals surface area (Å²) in [7, 11) is 3.31. The molecule has 1 unspecified atom stereocenters. The van der Waals surface area contributed by atoms with Crippen LogP contribution in [0.4, 0.5) is 0 Å². The van der Waals surface area contributed by atoms with Crippen molar-refractivity contribution in [2.75, 3.05) is 14.2 Å². The van der Waals surface area contributed by atoms with E-state index in [0.29, 0.717) is 4.83 Å². The molecule has 0 aromatic heterocycles. The van der Waals surface area contributed by atoms with Gasteiger partial charge in [0.1, 0.15) is 0 Å².